The fraction of sp³-hybridized carbons (Fsp3) is 0. The number of hydrogen-bond donors (Lipinski definition) is 4. The van der Waals surface area contributed by atoms with Crippen molar-refractivity contribution in [2.24, 2.45) is 0 Å². The van der Waals surface area contributed by atoms with Gasteiger partial charge in [0.25, 0.3) is 0 Å². The van der Waals surface area contributed by atoms with Crippen molar-refractivity contribution < 1.29 is 119 Å². The molecule has 12 nitrogen and oxygen atoms in total. The zero-order valence-electron chi connectivity index (χ0n) is 7.66. The van der Waals surface area contributed by atoms with Crippen molar-refractivity contribution in [3.8, 4) is 0 Å². The summed E-state index contributed by atoms with van der Waals surface area (Å²) < 4.78 is 98.2. The standard InChI is InChI=1S/Mg.2Nb.4H2O.8O.Ti.Zr/h;;;4*1H2;;;;;;;;;;/q+2;;;;;;;;;;;;;2*-1;2*+2/p-4. The molecule has 0 aromatic carbocycles. The second kappa shape index (κ2) is 26.9. The van der Waals surface area contributed by atoms with Gasteiger partial charge >= 0.3 is 142 Å². The molecule has 0 saturated heterocycles. The van der Waals surface area contributed by atoms with E-state index in [1.54, 1.807) is 0 Å². The van der Waals surface area contributed by atoms with E-state index in [1.807, 2.05) is 0 Å². The minimum absolute atomic E-state index is 0. The van der Waals surface area contributed by atoms with Crippen molar-refractivity contribution in [2.45, 2.75) is 0 Å². The van der Waals surface area contributed by atoms with Crippen LogP contribution in [0.15, 0.2) is 0 Å². The minimum atomic E-state index is -4.20. The zero-order valence-corrected chi connectivity index (χ0v) is 17.5. The van der Waals surface area contributed by atoms with E-state index in [2.05, 4.69) is 0 Å². The summed E-state index contributed by atoms with van der Waals surface area (Å²) in [5.74, 6) is 0. The fourth-order valence-corrected chi connectivity index (χ4v) is 0. The molecule has 0 aliphatic rings. The van der Waals surface area contributed by atoms with Crippen LogP contribution in [0.3, 0.4) is 0 Å². The molecule has 0 aromatic rings. The Labute approximate surface area is 139 Å². The Morgan fingerprint density at radius 3 is 0.941 bits per heavy atom. The van der Waals surface area contributed by atoms with Gasteiger partial charge in [0, 0.05) is 0 Å². The summed E-state index contributed by atoms with van der Waals surface area (Å²) >= 11 is -15.8. The van der Waals surface area contributed by atoms with Crippen molar-refractivity contribution >= 4 is 23.1 Å². The molecule has 0 saturated carbocycles. The van der Waals surface area contributed by atoms with E-state index >= 15 is 0 Å². The second-order valence-electron chi connectivity index (χ2n) is 1.01. The van der Waals surface area contributed by atoms with E-state index in [1.165, 1.54) is 0 Å². The second-order valence-corrected chi connectivity index (χ2v) is 5.48. The maximum absolute atomic E-state index is 8.84. The molecule has 0 fully saturated rings. The number of hydrogen-bond acceptors (Lipinski definition) is 8. The Balaban J connectivity index is -0.0000000369. The van der Waals surface area contributed by atoms with Crippen LogP contribution in [0.25, 0.3) is 0 Å². The molecule has 0 unspecified atom stereocenters. The summed E-state index contributed by atoms with van der Waals surface area (Å²) in [7, 11) is 0. The van der Waals surface area contributed by atoms with Gasteiger partial charge in [-0.1, -0.05) is 0 Å². The molecule has 0 radical (unpaired) electrons. The van der Waals surface area contributed by atoms with E-state index in [0.29, 0.717) is 0 Å². The van der Waals surface area contributed by atoms with Crippen molar-refractivity contribution in [1.29, 1.82) is 0 Å². The first-order valence-corrected chi connectivity index (χ1v) is 13.0. The van der Waals surface area contributed by atoms with Gasteiger partial charge in [-0.25, -0.2) is 0 Å². The normalized spacial score (nSPS) is 6.00. The molecule has 0 amide bonds. The van der Waals surface area contributed by atoms with Crippen LogP contribution in [0.4, 0.5) is 0 Å². The van der Waals surface area contributed by atoms with Crippen molar-refractivity contribution in [3.05, 3.63) is 0 Å². The summed E-state index contributed by atoms with van der Waals surface area (Å²) in [6, 6.07) is 0. The molecular formula is H4MgNb2O12TiZr. The van der Waals surface area contributed by atoms with Gasteiger partial charge in [-0.2, -0.15) is 0 Å². The van der Waals surface area contributed by atoms with Gasteiger partial charge in [0.1, 0.15) is 0 Å². The third kappa shape index (κ3) is 857. The molecule has 96 valence electrons. The molecule has 0 rings (SSSR count). The first kappa shape index (κ1) is 31.7. The molecular weight excluding hydrogens is 541 g/mol. The first-order valence-electron chi connectivity index (χ1n) is 2.40. The molecule has 0 aromatic heterocycles. The van der Waals surface area contributed by atoms with Gasteiger partial charge in [0.2, 0.25) is 0 Å². The van der Waals surface area contributed by atoms with Crippen LogP contribution >= 0.6 is 0 Å². The Morgan fingerprint density at radius 1 is 0.941 bits per heavy atom. The number of rotatable bonds is 0. The van der Waals surface area contributed by atoms with Gasteiger partial charge < -0.3 is 0 Å². The SMILES string of the molecule is [Mg+2].[O]=[Nb](=[O])[O-].[O]=[Nb](=[O])[O-].[O]=[Ti]([OH])[OH].[O]=[Zr]([OH])[OH]. The Morgan fingerprint density at radius 2 is 0.941 bits per heavy atom. The topological polar surface area (TPSA) is 229 Å². The molecule has 0 heterocycles. The van der Waals surface area contributed by atoms with Crippen molar-refractivity contribution in [2.75, 3.05) is 0 Å². The van der Waals surface area contributed by atoms with Gasteiger partial charge in [-0.15, -0.1) is 0 Å². The average Bonchev–Trinajstić information content (AvgIpc) is 1.76. The van der Waals surface area contributed by atoms with E-state index in [-0.39, 0.29) is 23.1 Å². The van der Waals surface area contributed by atoms with Crippen LogP contribution in [0.5, 0.6) is 0 Å². The fourth-order valence-electron chi connectivity index (χ4n) is 0. The molecule has 0 spiro atoms. The molecule has 0 bridgehead atoms. The van der Waals surface area contributed by atoms with E-state index in [4.69, 9.17) is 40.1 Å². The van der Waals surface area contributed by atoms with Crippen molar-refractivity contribution in [3.63, 3.8) is 0 Å². The van der Waals surface area contributed by atoms with E-state index in [9.17, 15) is 0 Å². The Bertz CT molecular complexity index is 260. The third-order valence-electron chi connectivity index (χ3n) is 0. The zero-order chi connectivity index (χ0) is 14.3. The van der Waals surface area contributed by atoms with E-state index in [0.717, 1.165) is 0 Å². The predicted octanol–water partition coefficient (Wildman–Crippen LogP) is -5.71. The van der Waals surface area contributed by atoms with Gasteiger partial charge in [0.05, 0.1) is 0 Å². The molecule has 4 N–H and O–H groups in total. The molecule has 0 aliphatic carbocycles. The maximum atomic E-state index is 8.84. The first-order chi connectivity index (χ1) is 6.93. The molecule has 0 atom stereocenters. The predicted molar refractivity (Wildman–Crippen MR) is 18.7 cm³/mol. The van der Waals surface area contributed by atoms with Crippen LogP contribution in [-0.2, 0) is 98.0 Å². The summed E-state index contributed by atoms with van der Waals surface area (Å²) in [5.41, 5.74) is 0. The third-order valence-corrected chi connectivity index (χ3v) is 0. The average molecular weight is 545 g/mol. The van der Waals surface area contributed by atoms with Gasteiger partial charge in [-0.3, -0.25) is 0 Å². The molecule has 17 heteroatoms. The molecule has 17 heavy (non-hydrogen) atoms. The van der Waals surface area contributed by atoms with Crippen LogP contribution in [0, 0.1) is 0 Å². The van der Waals surface area contributed by atoms with Crippen LogP contribution < -0.4 is 7.23 Å². The Hall–Kier alpha value is 2.40. The summed E-state index contributed by atoms with van der Waals surface area (Å²) in [5, 5.41) is 0. The van der Waals surface area contributed by atoms with Gasteiger partial charge in [0.15, 0.2) is 0 Å². The molecule has 0 aliphatic heterocycles. The summed E-state index contributed by atoms with van der Waals surface area (Å²) in [6.45, 7) is 0. The monoisotopic (exact) mass is 544 g/mol. The summed E-state index contributed by atoms with van der Waals surface area (Å²) in [4.78, 5) is 0. The quantitative estimate of drug-likeness (QED) is 0.209. The van der Waals surface area contributed by atoms with Crippen LogP contribution in [0.2, 0.25) is 0 Å². The Kier molecular flexibility index (Phi) is 50.1. The van der Waals surface area contributed by atoms with Crippen LogP contribution in [-0.4, -0.2) is 36.8 Å². The van der Waals surface area contributed by atoms with Crippen LogP contribution in [0.1, 0.15) is 0 Å². The van der Waals surface area contributed by atoms with Crippen molar-refractivity contribution in [1.82, 2.24) is 0 Å². The van der Waals surface area contributed by atoms with Gasteiger partial charge in [-0.05, 0) is 0 Å². The summed E-state index contributed by atoms with van der Waals surface area (Å²) in [6.07, 6.45) is 0. The van der Waals surface area contributed by atoms with E-state index < -0.39 is 78.8 Å².